The number of fused-ring (bicyclic) bond motifs is 1. The second-order valence-electron chi connectivity index (χ2n) is 5.70. The van der Waals surface area contributed by atoms with Gasteiger partial charge in [0.2, 0.25) is 0 Å². The molecule has 0 aliphatic heterocycles. The summed E-state index contributed by atoms with van der Waals surface area (Å²) in [5, 5.41) is 0. The van der Waals surface area contributed by atoms with E-state index >= 15 is 0 Å². The smallest absolute Gasteiger partial charge is 0.169 e. The van der Waals surface area contributed by atoms with Crippen LogP contribution in [0.4, 0.5) is 0 Å². The van der Waals surface area contributed by atoms with E-state index in [4.69, 9.17) is 4.42 Å². The Labute approximate surface area is 124 Å². The monoisotopic (exact) mass is 278 g/mol. The van der Waals surface area contributed by atoms with Crippen LogP contribution in [0.2, 0.25) is 0 Å². The summed E-state index contributed by atoms with van der Waals surface area (Å²) >= 11 is 0. The molecule has 0 fully saturated rings. The van der Waals surface area contributed by atoms with Crippen molar-refractivity contribution in [2.45, 2.75) is 25.7 Å². The number of furan rings is 1. The molecule has 0 saturated carbocycles. The zero-order chi connectivity index (χ0) is 14.9. The summed E-state index contributed by atoms with van der Waals surface area (Å²) in [6.45, 7) is 3.92. The Balaban J connectivity index is 1.95. The van der Waals surface area contributed by atoms with E-state index in [1.54, 1.807) is 6.26 Å². The lowest BCUT2D eigenvalue weighted by Gasteiger charge is -2.32. The molecular weight excluding hydrogens is 260 g/mol. The van der Waals surface area contributed by atoms with E-state index in [1.165, 1.54) is 0 Å². The SMILES string of the molecule is CC1=Cc2ccccc2[C@](C)(C/C=C/c2ccco2)C1=O. The molecule has 21 heavy (non-hydrogen) atoms. The van der Waals surface area contributed by atoms with Crippen LogP contribution < -0.4 is 0 Å². The van der Waals surface area contributed by atoms with Crippen molar-refractivity contribution in [2.75, 3.05) is 0 Å². The third kappa shape index (κ3) is 2.38. The number of carbonyl (C=O) groups is 1. The van der Waals surface area contributed by atoms with Crippen LogP contribution in [0.15, 0.2) is 58.7 Å². The molecule has 0 amide bonds. The number of hydrogen-bond acceptors (Lipinski definition) is 2. The minimum atomic E-state index is -0.501. The van der Waals surface area contributed by atoms with Gasteiger partial charge in [0.15, 0.2) is 5.78 Å². The summed E-state index contributed by atoms with van der Waals surface area (Å²) in [6.07, 6.45) is 8.24. The largest absolute Gasteiger partial charge is 0.465 e. The molecule has 2 heteroatoms. The fourth-order valence-electron chi connectivity index (χ4n) is 2.98. The third-order valence-electron chi connectivity index (χ3n) is 4.14. The first-order valence-corrected chi connectivity index (χ1v) is 7.14. The van der Waals surface area contributed by atoms with Crippen LogP contribution in [0.3, 0.4) is 0 Å². The summed E-state index contributed by atoms with van der Waals surface area (Å²) in [6, 6.07) is 11.9. The van der Waals surface area contributed by atoms with Crippen molar-refractivity contribution < 1.29 is 9.21 Å². The molecule has 1 heterocycles. The summed E-state index contributed by atoms with van der Waals surface area (Å²) in [7, 11) is 0. The quantitative estimate of drug-likeness (QED) is 0.819. The molecule has 1 aromatic carbocycles. The fourth-order valence-corrected chi connectivity index (χ4v) is 2.98. The molecule has 2 aromatic rings. The second-order valence-corrected chi connectivity index (χ2v) is 5.70. The fraction of sp³-hybridized carbons (Fsp3) is 0.211. The predicted octanol–water partition coefficient (Wildman–Crippen LogP) is 4.63. The molecular formula is C19H18O2. The Kier molecular flexibility index (Phi) is 3.38. The highest BCUT2D eigenvalue weighted by Gasteiger charge is 2.38. The number of ketones is 1. The van der Waals surface area contributed by atoms with E-state index < -0.39 is 5.41 Å². The van der Waals surface area contributed by atoms with Crippen LogP contribution in [0.1, 0.15) is 37.2 Å². The summed E-state index contributed by atoms with van der Waals surface area (Å²) in [5.41, 5.74) is 2.56. The van der Waals surface area contributed by atoms with E-state index in [1.807, 2.05) is 56.3 Å². The van der Waals surface area contributed by atoms with Crippen LogP contribution in [0.5, 0.6) is 0 Å². The van der Waals surface area contributed by atoms with Crippen LogP contribution >= 0.6 is 0 Å². The molecule has 1 aromatic heterocycles. The van der Waals surface area contributed by atoms with Gasteiger partial charge < -0.3 is 4.42 Å². The van der Waals surface area contributed by atoms with E-state index in [2.05, 4.69) is 12.1 Å². The van der Waals surface area contributed by atoms with E-state index in [9.17, 15) is 4.79 Å². The highest BCUT2D eigenvalue weighted by Crippen LogP contribution is 2.38. The molecule has 1 aliphatic rings. The van der Waals surface area contributed by atoms with Gasteiger partial charge in [-0.1, -0.05) is 30.3 Å². The van der Waals surface area contributed by atoms with Gasteiger partial charge in [0.1, 0.15) is 5.76 Å². The average molecular weight is 278 g/mol. The molecule has 0 N–H and O–H groups in total. The van der Waals surface area contributed by atoms with Gasteiger partial charge in [-0.25, -0.2) is 0 Å². The Morgan fingerprint density at radius 3 is 2.76 bits per heavy atom. The minimum Gasteiger partial charge on any atom is -0.465 e. The maximum absolute atomic E-state index is 12.7. The van der Waals surface area contributed by atoms with Crippen molar-refractivity contribution in [3.8, 4) is 0 Å². The zero-order valence-electron chi connectivity index (χ0n) is 12.3. The molecule has 3 rings (SSSR count). The molecule has 2 nitrogen and oxygen atoms in total. The average Bonchev–Trinajstić information content (AvgIpc) is 2.99. The highest BCUT2D eigenvalue weighted by molar-refractivity contribution is 6.09. The second kappa shape index (κ2) is 5.21. The first-order valence-electron chi connectivity index (χ1n) is 7.14. The van der Waals surface area contributed by atoms with Crippen LogP contribution in [-0.4, -0.2) is 5.78 Å². The molecule has 1 atom stereocenters. The molecule has 0 saturated heterocycles. The third-order valence-corrected chi connectivity index (χ3v) is 4.14. The molecule has 0 unspecified atom stereocenters. The molecule has 0 bridgehead atoms. The first kappa shape index (κ1) is 13.6. The van der Waals surface area contributed by atoms with E-state index in [-0.39, 0.29) is 5.78 Å². The Morgan fingerprint density at radius 2 is 2.00 bits per heavy atom. The van der Waals surface area contributed by atoms with Crippen molar-refractivity contribution in [3.63, 3.8) is 0 Å². The maximum Gasteiger partial charge on any atom is 0.169 e. The lowest BCUT2D eigenvalue weighted by molar-refractivity contribution is -0.120. The number of rotatable bonds is 3. The highest BCUT2D eigenvalue weighted by atomic mass is 16.3. The molecule has 1 aliphatic carbocycles. The summed E-state index contributed by atoms with van der Waals surface area (Å²) in [5.74, 6) is 1.01. The summed E-state index contributed by atoms with van der Waals surface area (Å²) < 4.78 is 5.29. The van der Waals surface area contributed by atoms with Gasteiger partial charge in [-0.3, -0.25) is 4.79 Å². The number of hydrogen-bond donors (Lipinski definition) is 0. The van der Waals surface area contributed by atoms with Crippen molar-refractivity contribution >= 4 is 17.9 Å². The van der Waals surface area contributed by atoms with Gasteiger partial charge in [-0.15, -0.1) is 0 Å². The molecule has 0 radical (unpaired) electrons. The standard InChI is InChI=1S/C19H18O2/c1-14-13-15-7-3-4-10-17(15)19(2,18(14)20)11-5-8-16-9-6-12-21-16/h3-10,12-13H,11H2,1-2H3/b8-5+/t19-/m0/s1. The van der Waals surface area contributed by atoms with Gasteiger partial charge >= 0.3 is 0 Å². The lowest BCUT2D eigenvalue weighted by atomic mass is 9.69. The van der Waals surface area contributed by atoms with E-state index in [0.29, 0.717) is 6.42 Å². The van der Waals surface area contributed by atoms with Crippen molar-refractivity contribution in [2.24, 2.45) is 0 Å². The van der Waals surface area contributed by atoms with Gasteiger partial charge in [0.05, 0.1) is 11.7 Å². The van der Waals surface area contributed by atoms with Gasteiger partial charge in [-0.05, 0) is 61.3 Å². The topological polar surface area (TPSA) is 30.2 Å². The number of benzene rings is 1. The molecule has 0 spiro atoms. The Bertz CT molecular complexity index is 720. The van der Waals surface area contributed by atoms with Gasteiger partial charge in [-0.2, -0.15) is 0 Å². The van der Waals surface area contributed by atoms with Gasteiger partial charge in [0.25, 0.3) is 0 Å². The van der Waals surface area contributed by atoms with Crippen LogP contribution in [-0.2, 0) is 10.2 Å². The normalized spacial score (nSPS) is 21.4. The lowest BCUT2D eigenvalue weighted by Crippen LogP contribution is -2.35. The number of carbonyl (C=O) groups excluding carboxylic acids is 1. The Morgan fingerprint density at radius 1 is 1.19 bits per heavy atom. The van der Waals surface area contributed by atoms with Crippen molar-refractivity contribution in [1.29, 1.82) is 0 Å². The van der Waals surface area contributed by atoms with Crippen molar-refractivity contribution in [1.82, 2.24) is 0 Å². The Hall–Kier alpha value is -2.35. The van der Waals surface area contributed by atoms with Gasteiger partial charge in [0, 0.05) is 0 Å². The first-order chi connectivity index (χ1) is 10.1. The van der Waals surface area contributed by atoms with Crippen LogP contribution in [0.25, 0.3) is 12.2 Å². The van der Waals surface area contributed by atoms with E-state index in [0.717, 1.165) is 22.5 Å². The predicted molar refractivity (Wildman–Crippen MR) is 84.8 cm³/mol. The maximum atomic E-state index is 12.7. The van der Waals surface area contributed by atoms with Crippen molar-refractivity contribution in [3.05, 3.63) is 71.2 Å². The zero-order valence-corrected chi connectivity index (χ0v) is 12.3. The number of allylic oxidation sites excluding steroid dienone is 2. The summed E-state index contributed by atoms with van der Waals surface area (Å²) in [4.78, 5) is 12.7. The van der Waals surface area contributed by atoms with Crippen LogP contribution in [0, 0.1) is 0 Å². The number of Topliss-reactive ketones (excluding diaryl/α,β-unsaturated/α-hetero) is 1. The molecule has 106 valence electrons. The minimum absolute atomic E-state index is 0.199.